The SMILES string of the molecule is O=S(=O)(NCC1CCN(c2cnccn2)CC1)c1ccccc1Cl. The Morgan fingerprint density at radius 1 is 1.21 bits per heavy atom. The number of sulfonamides is 1. The number of anilines is 1. The Labute approximate surface area is 146 Å². The highest BCUT2D eigenvalue weighted by atomic mass is 35.5. The van der Waals surface area contributed by atoms with E-state index in [2.05, 4.69) is 19.6 Å². The van der Waals surface area contributed by atoms with Crippen molar-refractivity contribution in [3.63, 3.8) is 0 Å². The molecule has 0 unspecified atom stereocenters. The van der Waals surface area contributed by atoms with E-state index in [1.807, 2.05) is 0 Å². The van der Waals surface area contributed by atoms with Crippen LogP contribution in [0.15, 0.2) is 47.8 Å². The average Bonchev–Trinajstić information content (AvgIpc) is 2.61. The third kappa shape index (κ3) is 4.03. The highest BCUT2D eigenvalue weighted by Gasteiger charge is 2.23. The molecule has 0 radical (unpaired) electrons. The molecule has 0 saturated carbocycles. The summed E-state index contributed by atoms with van der Waals surface area (Å²) in [4.78, 5) is 10.7. The van der Waals surface area contributed by atoms with Crippen molar-refractivity contribution in [2.45, 2.75) is 17.7 Å². The van der Waals surface area contributed by atoms with Gasteiger partial charge < -0.3 is 4.90 Å². The smallest absolute Gasteiger partial charge is 0.242 e. The maximum absolute atomic E-state index is 12.4. The summed E-state index contributed by atoms with van der Waals surface area (Å²) in [6, 6.07) is 6.47. The number of nitrogens with one attached hydrogen (secondary N) is 1. The third-order valence-corrected chi connectivity index (χ3v) is 6.10. The van der Waals surface area contributed by atoms with Gasteiger partial charge >= 0.3 is 0 Å². The lowest BCUT2D eigenvalue weighted by Gasteiger charge is -2.32. The molecule has 1 aliphatic heterocycles. The minimum Gasteiger partial charge on any atom is -0.355 e. The molecule has 0 amide bonds. The summed E-state index contributed by atoms with van der Waals surface area (Å²) in [5, 5.41) is 0.238. The zero-order valence-corrected chi connectivity index (χ0v) is 14.7. The number of rotatable bonds is 5. The Hall–Kier alpha value is -1.70. The lowest BCUT2D eigenvalue weighted by molar-refractivity contribution is 0.400. The number of nitrogens with zero attached hydrogens (tertiary/aromatic N) is 3. The monoisotopic (exact) mass is 366 g/mol. The van der Waals surface area contributed by atoms with Gasteiger partial charge in [0, 0.05) is 32.0 Å². The second-order valence-corrected chi connectivity index (χ2v) is 7.92. The van der Waals surface area contributed by atoms with Crippen molar-refractivity contribution in [1.82, 2.24) is 14.7 Å². The first-order valence-corrected chi connectivity index (χ1v) is 9.67. The molecule has 0 aliphatic carbocycles. The van der Waals surface area contributed by atoms with Gasteiger partial charge in [0.2, 0.25) is 10.0 Å². The molecule has 24 heavy (non-hydrogen) atoms. The molecular formula is C16H19ClN4O2S. The summed E-state index contributed by atoms with van der Waals surface area (Å²) in [6.07, 6.45) is 6.89. The molecule has 2 heterocycles. The first-order chi connectivity index (χ1) is 11.6. The Morgan fingerprint density at radius 2 is 1.96 bits per heavy atom. The molecule has 128 valence electrons. The van der Waals surface area contributed by atoms with Crippen LogP contribution < -0.4 is 9.62 Å². The summed E-state index contributed by atoms with van der Waals surface area (Å²) < 4.78 is 27.4. The summed E-state index contributed by atoms with van der Waals surface area (Å²) in [5.41, 5.74) is 0. The van der Waals surface area contributed by atoms with E-state index in [0.29, 0.717) is 12.5 Å². The van der Waals surface area contributed by atoms with Crippen LogP contribution >= 0.6 is 11.6 Å². The van der Waals surface area contributed by atoms with E-state index in [0.717, 1.165) is 31.7 Å². The Balaban J connectivity index is 1.54. The number of aromatic nitrogens is 2. The fraction of sp³-hybridized carbons (Fsp3) is 0.375. The van der Waals surface area contributed by atoms with Gasteiger partial charge in [0.05, 0.1) is 11.2 Å². The number of benzene rings is 1. The van der Waals surface area contributed by atoms with Gasteiger partial charge in [-0.1, -0.05) is 23.7 Å². The minimum absolute atomic E-state index is 0.128. The molecule has 1 N–H and O–H groups in total. The summed E-state index contributed by atoms with van der Waals surface area (Å²) in [5.74, 6) is 1.17. The molecule has 1 aromatic heterocycles. The number of piperidine rings is 1. The van der Waals surface area contributed by atoms with Crippen LogP contribution in [-0.2, 0) is 10.0 Å². The van der Waals surface area contributed by atoms with Crippen molar-refractivity contribution < 1.29 is 8.42 Å². The Bertz CT molecular complexity index is 778. The zero-order chi connectivity index (χ0) is 17.0. The van der Waals surface area contributed by atoms with Crippen LogP contribution in [0.3, 0.4) is 0 Å². The van der Waals surface area contributed by atoms with Crippen LogP contribution in [0, 0.1) is 5.92 Å². The van der Waals surface area contributed by atoms with E-state index in [1.165, 1.54) is 6.07 Å². The average molecular weight is 367 g/mol. The van der Waals surface area contributed by atoms with Gasteiger partial charge in [0.25, 0.3) is 0 Å². The van der Waals surface area contributed by atoms with E-state index < -0.39 is 10.0 Å². The highest BCUT2D eigenvalue weighted by Crippen LogP contribution is 2.23. The molecular weight excluding hydrogens is 348 g/mol. The van der Waals surface area contributed by atoms with Gasteiger partial charge in [0.15, 0.2) is 0 Å². The second-order valence-electron chi connectivity index (χ2n) is 5.78. The molecule has 0 bridgehead atoms. The summed E-state index contributed by atoms with van der Waals surface area (Å²) >= 11 is 5.98. The summed E-state index contributed by atoms with van der Waals surface area (Å²) in [7, 11) is -3.57. The van der Waals surface area contributed by atoms with Gasteiger partial charge in [-0.25, -0.2) is 18.1 Å². The molecule has 1 aliphatic rings. The van der Waals surface area contributed by atoms with Crippen molar-refractivity contribution >= 4 is 27.4 Å². The van der Waals surface area contributed by atoms with Crippen LogP contribution in [0.4, 0.5) is 5.82 Å². The molecule has 0 atom stereocenters. The van der Waals surface area contributed by atoms with E-state index in [1.54, 1.807) is 36.8 Å². The molecule has 3 rings (SSSR count). The van der Waals surface area contributed by atoms with Crippen molar-refractivity contribution in [3.8, 4) is 0 Å². The molecule has 0 spiro atoms. The fourth-order valence-corrected chi connectivity index (χ4v) is 4.42. The molecule has 2 aromatic rings. The topological polar surface area (TPSA) is 75.2 Å². The molecule has 1 fully saturated rings. The maximum atomic E-state index is 12.4. The molecule has 6 nitrogen and oxygen atoms in total. The van der Waals surface area contributed by atoms with E-state index >= 15 is 0 Å². The molecule has 8 heteroatoms. The standard InChI is InChI=1S/C16H19ClN4O2S/c17-14-3-1-2-4-15(14)24(22,23)20-11-13-5-9-21(10-6-13)16-12-18-7-8-19-16/h1-4,7-8,12-13,20H,5-6,9-11H2. The van der Waals surface area contributed by atoms with Crippen LogP contribution in [0.25, 0.3) is 0 Å². The molecule has 1 aromatic carbocycles. The van der Waals surface area contributed by atoms with Crippen LogP contribution in [0.5, 0.6) is 0 Å². The quantitative estimate of drug-likeness (QED) is 0.878. The van der Waals surface area contributed by atoms with Crippen LogP contribution in [0.1, 0.15) is 12.8 Å². The van der Waals surface area contributed by atoms with Crippen molar-refractivity contribution in [1.29, 1.82) is 0 Å². The predicted molar refractivity (Wildman–Crippen MR) is 93.6 cm³/mol. The lowest BCUT2D eigenvalue weighted by Crippen LogP contribution is -2.39. The van der Waals surface area contributed by atoms with Gasteiger partial charge in [-0.3, -0.25) is 4.98 Å². The van der Waals surface area contributed by atoms with Gasteiger partial charge in [0.1, 0.15) is 10.7 Å². The fourth-order valence-electron chi connectivity index (χ4n) is 2.79. The second kappa shape index (κ2) is 7.46. The first-order valence-electron chi connectivity index (χ1n) is 7.81. The predicted octanol–water partition coefficient (Wildman–Crippen LogP) is 2.32. The number of hydrogen-bond acceptors (Lipinski definition) is 5. The highest BCUT2D eigenvalue weighted by molar-refractivity contribution is 7.89. The zero-order valence-electron chi connectivity index (χ0n) is 13.1. The largest absolute Gasteiger partial charge is 0.355 e. The van der Waals surface area contributed by atoms with Crippen LogP contribution in [0.2, 0.25) is 5.02 Å². The lowest BCUT2D eigenvalue weighted by atomic mass is 9.97. The normalized spacial score (nSPS) is 16.3. The van der Waals surface area contributed by atoms with E-state index in [9.17, 15) is 8.42 Å². The van der Waals surface area contributed by atoms with Crippen molar-refractivity contribution in [2.24, 2.45) is 5.92 Å². The maximum Gasteiger partial charge on any atom is 0.242 e. The minimum atomic E-state index is -3.57. The third-order valence-electron chi connectivity index (χ3n) is 4.18. The Kier molecular flexibility index (Phi) is 5.33. The van der Waals surface area contributed by atoms with Gasteiger partial charge in [-0.2, -0.15) is 0 Å². The Morgan fingerprint density at radius 3 is 2.62 bits per heavy atom. The van der Waals surface area contributed by atoms with E-state index in [-0.39, 0.29) is 9.92 Å². The molecule has 1 saturated heterocycles. The van der Waals surface area contributed by atoms with Crippen molar-refractivity contribution in [3.05, 3.63) is 47.9 Å². The van der Waals surface area contributed by atoms with Crippen molar-refractivity contribution in [2.75, 3.05) is 24.5 Å². The van der Waals surface area contributed by atoms with Crippen LogP contribution in [-0.4, -0.2) is 38.0 Å². The number of halogens is 1. The van der Waals surface area contributed by atoms with Gasteiger partial charge in [-0.05, 0) is 30.9 Å². The first kappa shape index (κ1) is 17.1. The van der Waals surface area contributed by atoms with E-state index in [4.69, 9.17) is 11.6 Å². The number of hydrogen-bond donors (Lipinski definition) is 1. The van der Waals surface area contributed by atoms with Gasteiger partial charge in [-0.15, -0.1) is 0 Å². The summed E-state index contributed by atoms with van der Waals surface area (Å²) in [6.45, 7) is 2.11.